The maximum atomic E-state index is 3.89. The number of benzene rings is 1. The quantitative estimate of drug-likeness (QED) is 0.461. The van der Waals surface area contributed by atoms with E-state index in [0.717, 1.165) is 25.5 Å². The van der Waals surface area contributed by atoms with Crippen LogP contribution in [0.3, 0.4) is 0 Å². The SMILES string of the molecule is CC(C)N(CCC#Cc1ccccc1)[P]=[Fe]. The Balaban J connectivity index is 2.41. The molecule has 0 aromatic heterocycles. The predicted molar refractivity (Wildman–Crippen MR) is 66.7 cm³/mol. The molecule has 16 heavy (non-hydrogen) atoms. The van der Waals surface area contributed by atoms with Gasteiger partial charge < -0.3 is 0 Å². The molecule has 0 aliphatic carbocycles. The Labute approximate surface area is 107 Å². The van der Waals surface area contributed by atoms with Crippen molar-refractivity contribution >= 4 is 6.98 Å². The van der Waals surface area contributed by atoms with Gasteiger partial charge in [-0.25, -0.2) is 0 Å². The van der Waals surface area contributed by atoms with Crippen LogP contribution in [0.1, 0.15) is 25.8 Å². The molecule has 0 aliphatic rings. The molecule has 1 nitrogen and oxygen atoms in total. The van der Waals surface area contributed by atoms with Gasteiger partial charge in [0.2, 0.25) is 0 Å². The third kappa shape index (κ3) is 5.06. The first-order valence-electron chi connectivity index (χ1n) is 5.35. The van der Waals surface area contributed by atoms with Crippen molar-refractivity contribution in [3.05, 3.63) is 35.9 Å². The van der Waals surface area contributed by atoms with Crippen molar-refractivity contribution in [1.29, 1.82) is 0 Å². The maximum absolute atomic E-state index is 3.89. The predicted octanol–water partition coefficient (Wildman–Crippen LogP) is 3.46. The number of rotatable bonds is 4. The molecular weight excluding hydrogens is 257 g/mol. The van der Waals surface area contributed by atoms with Crippen molar-refractivity contribution < 1.29 is 15.1 Å². The van der Waals surface area contributed by atoms with E-state index >= 15 is 0 Å². The Hall–Kier alpha value is -0.441. The summed E-state index contributed by atoms with van der Waals surface area (Å²) in [5.74, 6) is 6.36. The van der Waals surface area contributed by atoms with Crippen LogP contribution in [0, 0.1) is 11.8 Å². The van der Waals surface area contributed by atoms with Gasteiger partial charge in [0.05, 0.1) is 0 Å². The molecule has 0 bridgehead atoms. The topological polar surface area (TPSA) is 3.24 Å². The molecule has 0 spiro atoms. The van der Waals surface area contributed by atoms with Crippen LogP contribution in [0.5, 0.6) is 0 Å². The molecular formula is C13H16FeNP. The average molecular weight is 273 g/mol. The van der Waals surface area contributed by atoms with Gasteiger partial charge in [-0.05, 0) is 0 Å². The summed E-state index contributed by atoms with van der Waals surface area (Å²) in [6.07, 6.45) is 0.898. The summed E-state index contributed by atoms with van der Waals surface area (Å²) in [5.41, 5.74) is 1.09. The first-order valence-corrected chi connectivity index (χ1v) is 7.55. The molecule has 86 valence electrons. The molecule has 0 radical (unpaired) electrons. The van der Waals surface area contributed by atoms with Crippen molar-refractivity contribution in [2.45, 2.75) is 26.3 Å². The average Bonchev–Trinajstić information content (AvgIpc) is 2.30. The zero-order valence-corrected chi connectivity index (χ0v) is 11.6. The van der Waals surface area contributed by atoms with Gasteiger partial charge in [0, 0.05) is 0 Å². The fourth-order valence-corrected chi connectivity index (χ4v) is 2.66. The van der Waals surface area contributed by atoms with Gasteiger partial charge >= 0.3 is 107 Å². The van der Waals surface area contributed by atoms with Crippen LogP contribution in [0.25, 0.3) is 0 Å². The first kappa shape index (κ1) is 13.6. The Kier molecular flexibility index (Phi) is 6.62. The van der Waals surface area contributed by atoms with Gasteiger partial charge in [-0.3, -0.25) is 0 Å². The zero-order valence-electron chi connectivity index (χ0n) is 9.63. The van der Waals surface area contributed by atoms with Gasteiger partial charge in [0.15, 0.2) is 0 Å². The summed E-state index contributed by atoms with van der Waals surface area (Å²) in [7, 11) is 0. The molecule has 0 saturated carbocycles. The van der Waals surface area contributed by atoms with Crippen LogP contribution >= 0.6 is 6.98 Å². The van der Waals surface area contributed by atoms with Gasteiger partial charge in [-0.2, -0.15) is 0 Å². The van der Waals surface area contributed by atoms with E-state index in [-0.39, 0.29) is 0 Å². The Morgan fingerprint density at radius 1 is 1.31 bits per heavy atom. The van der Waals surface area contributed by atoms with Crippen LogP contribution in [0.4, 0.5) is 0 Å². The Morgan fingerprint density at radius 3 is 2.56 bits per heavy atom. The second-order valence-corrected chi connectivity index (χ2v) is 5.06. The van der Waals surface area contributed by atoms with E-state index in [0.29, 0.717) is 6.04 Å². The molecule has 0 aliphatic heterocycles. The summed E-state index contributed by atoms with van der Waals surface area (Å²) >= 11 is 3.89. The van der Waals surface area contributed by atoms with Crippen LogP contribution in [0.2, 0.25) is 0 Å². The zero-order chi connectivity index (χ0) is 11.8. The molecule has 3 heteroatoms. The summed E-state index contributed by atoms with van der Waals surface area (Å²) < 4.78 is 2.29. The fourth-order valence-electron chi connectivity index (χ4n) is 1.23. The van der Waals surface area contributed by atoms with Crippen molar-refractivity contribution in [3.63, 3.8) is 0 Å². The van der Waals surface area contributed by atoms with E-state index < -0.39 is 0 Å². The summed E-state index contributed by atoms with van der Waals surface area (Å²) in [4.78, 5) is 0. The van der Waals surface area contributed by atoms with Crippen LogP contribution in [0.15, 0.2) is 30.3 Å². The van der Waals surface area contributed by atoms with E-state index in [1.807, 2.05) is 30.3 Å². The van der Waals surface area contributed by atoms with Crippen molar-refractivity contribution in [3.8, 4) is 11.8 Å². The normalized spacial score (nSPS) is 10.6. The van der Waals surface area contributed by atoms with E-state index in [2.05, 4.69) is 45.5 Å². The molecule has 0 N–H and O–H groups in total. The number of hydrogen-bond acceptors (Lipinski definition) is 1. The standard InChI is InChI=1S/C13H16NP.Fe/c1-12(2)14(15)11-7-6-10-13-8-4-3-5-9-13;/h3-5,8-9,12H,7,11H2,1-2H3;. The van der Waals surface area contributed by atoms with Crippen molar-refractivity contribution in [2.75, 3.05) is 6.54 Å². The number of hydrogen-bond donors (Lipinski definition) is 0. The van der Waals surface area contributed by atoms with Crippen molar-refractivity contribution in [2.24, 2.45) is 0 Å². The minimum absolute atomic E-state index is 0.540. The van der Waals surface area contributed by atoms with Crippen LogP contribution in [-0.4, -0.2) is 17.3 Å². The molecule has 0 amide bonds. The number of nitrogens with zero attached hydrogens (tertiary/aromatic N) is 1. The molecule has 0 fully saturated rings. The van der Waals surface area contributed by atoms with Crippen LogP contribution < -0.4 is 0 Å². The minimum atomic E-state index is 0.540. The third-order valence-corrected chi connectivity index (χ3v) is 3.85. The second kappa shape index (κ2) is 7.77. The molecule has 1 aromatic carbocycles. The van der Waals surface area contributed by atoms with Crippen molar-refractivity contribution in [1.82, 2.24) is 4.67 Å². The summed E-state index contributed by atoms with van der Waals surface area (Å²) in [6.45, 7) is 6.44. The monoisotopic (exact) mass is 273 g/mol. The third-order valence-electron chi connectivity index (χ3n) is 2.16. The van der Waals surface area contributed by atoms with Crippen LogP contribution in [-0.2, 0) is 15.1 Å². The first-order chi connectivity index (χ1) is 7.74. The van der Waals surface area contributed by atoms with E-state index in [4.69, 9.17) is 0 Å². The molecule has 1 aromatic rings. The van der Waals surface area contributed by atoms with Gasteiger partial charge in [-0.1, -0.05) is 0 Å². The van der Waals surface area contributed by atoms with Gasteiger partial charge in [0.25, 0.3) is 0 Å². The molecule has 0 unspecified atom stereocenters. The fraction of sp³-hybridized carbons (Fsp3) is 0.385. The Morgan fingerprint density at radius 2 is 2.00 bits per heavy atom. The van der Waals surface area contributed by atoms with Gasteiger partial charge in [-0.15, -0.1) is 0 Å². The summed E-state index contributed by atoms with van der Waals surface area (Å²) in [6, 6.07) is 10.6. The van der Waals surface area contributed by atoms with E-state index in [1.54, 1.807) is 0 Å². The molecule has 0 heterocycles. The Bertz CT molecular complexity index is 378. The molecule has 0 atom stereocenters. The summed E-state index contributed by atoms with van der Waals surface area (Å²) in [5, 5.41) is 0. The van der Waals surface area contributed by atoms with Gasteiger partial charge in [0.1, 0.15) is 0 Å². The second-order valence-electron chi connectivity index (χ2n) is 3.75. The van der Waals surface area contributed by atoms with E-state index in [9.17, 15) is 0 Å². The van der Waals surface area contributed by atoms with E-state index in [1.165, 1.54) is 0 Å². The molecule has 0 saturated heterocycles. The molecule has 1 rings (SSSR count).